The molecule has 0 aliphatic rings. The molecular weight excluding hydrogens is 348 g/mol. The largest absolute Gasteiger partial charge is 0.497 e. The molecule has 26 heavy (non-hydrogen) atoms. The van der Waals surface area contributed by atoms with Gasteiger partial charge in [0.2, 0.25) is 0 Å². The zero-order chi connectivity index (χ0) is 18.5. The average Bonchev–Trinajstić information content (AvgIpc) is 3.01. The number of benzene rings is 2. The summed E-state index contributed by atoms with van der Waals surface area (Å²) in [6, 6.07) is 16.2. The van der Waals surface area contributed by atoms with Crippen LogP contribution in [0.2, 0.25) is 0 Å². The van der Waals surface area contributed by atoms with E-state index in [2.05, 4.69) is 28.4 Å². The van der Waals surface area contributed by atoms with Crippen LogP contribution in [0, 0.1) is 11.3 Å². The molecule has 0 unspecified atom stereocenters. The zero-order valence-electron chi connectivity index (χ0n) is 14.8. The molecule has 3 aromatic rings. The smallest absolute Gasteiger partial charge is 0.120 e. The number of fused-ring (bicyclic) bond motifs is 1. The summed E-state index contributed by atoms with van der Waals surface area (Å²) in [7, 11) is 1.65. The number of methoxy groups -OCH3 is 1. The van der Waals surface area contributed by atoms with E-state index < -0.39 is 0 Å². The molecule has 2 aromatic carbocycles. The van der Waals surface area contributed by atoms with Crippen LogP contribution in [0.4, 0.5) is 5.69 Å². The van der Waals surface area contributed by atoms with E-state index in [4.69, 9.17) is 16.3 Å². The highest BCUT2D eigenvalue weighted by molar-refractivity contribution is 6.18. The van der Waals surface area contributed by atoms with Gasteiger partial charge in [-0.1, -0.05) is 12.1 Å². The molecule has 1 aromatic heterocycles. The Labute approximate surface area is 158 Å². The Balaban J connectivity index is 2.07. The minimum atomic E-state index is 0.538. The lowest BCUT2D eigenvalue weighted by atomic mass is 10.1. The first kappa shape index (κ1) is 18.1. The number of hydrogen-bond acceptors (Lipinski definition) is 4. The molecule has 1 heterocycles. The molecule has 5 nitrogen and oxygen atoms in total. The van der Waals surface area contributed by atoms with Gasteiger partial charge in [0, 0.05) is 36.1 Å². The summed E-state index contributed by atoms with van der Waals surface area (Å²) < 4.78 is 7.51. The summed E-state index contributed by atoms with van der Waals surface area (Å²) in [5.41, 5.74) is 10.7. The Morgan fingerprint density at radius 1 is 1.19 bits per heavy atom. The van der Waals surface area contributed by atoms with Crippen LogP contribution in [0.1, 0.15) is 12.5 Å². The van der Waals surface area contributed by atoms with Gasteiger partial charge in [-0.3, -0.25) is 0 Å². The molecule has 0 bridgehead atoms. The van der Waals surface area contributed by atoms with Crippen LogP contribution in [0.15, 0.2) is 42.5 Å². The molecule has 0 amide bonds. The summed E-state index contributed by atoms with van der Waals surface area (Å²) in [5.74, 6) is 1.32. The Hall–Kier alpha value is -2.68. The zero-order valence-corrected chi connectivity index (χ0v) is 15.6. The Bertz CT molecular complexity index is 941. The Kier molecular flexibility index (Phi) is 5.67. The number of ether oxygens (including phenoxy) is 1. The van der Waals surface area contributed by atoms with E-state index in [0.29, 0.717) is 18.0 Å². The van der Waals surface area contributed by atoms with Crippen LogP contribution < -0.4 is 15.6 Å². The molecule has 0 atom stereocenters. The normalized spacial score (nSPS) is 10.7. The van der Waals surface area contributed by atoms with E-state index in [-0.39, 0.29) is 0 Å². The maximum Gasteiger partial charge on any atom is 0.120 e. The Morgan fingerprint density at radius 2 is 1.96 bits per heavy atom. The van der Waals surface area contributed by atoms with Crippen molar-refractivity contribution in [3.63, 3.8) is 0 Å². The lowest BCUT2D eigenvalue weighted by Crippen LogP contribution is -2.23. The van der Waals surface area contributed by atoms with Crippen molar-refractivity contribution in [3.05, 3.63) is 48.0 Å². The molecule has 3 rings (SSSR count). The molecule has 6 heteroatoms. The van der Waals surface area contributed by atoms with Crippen molar-refractivity contribution in [2.24, 2.45) is 0 Å². The van der Waals surface area contributed by atoms with E-state index in [1.807, 2.05) is 42.5 Å². The van der Waals surface area contributed by atoms with Gasteiger partial charge in [-0.15, -0.1) is 11.6 Å². The second-order valence-electron chi connectivity index (χ2n) is 5.78. The van der Waals surface area contributed by atoms with Crippen LogP contribution >= 0.6 is 11.6 Å². The van der Waals surface area contributed by atoms with Crippen molar-refractivity contribution in [3.8, 4) is 23.1 Å². The number of halogens is 1. The summed E-state index contributed by atoms with van der Waals surface area (Å²) in [6.07, 6.45) is 0. The number of hydrogen-bond donors (Lipinski definition) is 2. The predicted octanol–water partition coefficient (Wildman–Crippen LogP) is 4.36. The lowest BCUT2D eigenvalue weighted by Gasteiger charge is -2.11. The number of nitrogens with one attached hydrogen (secondary N) is 2. The number of aryl methyl sites for hydroxylation is 1. The number of aromatic nitrogens is 1. The quantitative estimate of drug-likeness (QED) is 0.369. The molecule has 0 aliphatic carbocycles. The molecule has 0 aliphatic heterocycles. The van der Waals surface area contributed by atoms with Crippen molar-refractivity contribution < 1.29 is 4.74 Å². The third kappa shape index (κ3) is 3.34. The van der Waals surface area contributed by atoms with E-state index in [0.717, 1.165) is 40.1 Å². The molecule has 134 valence electrons. The van der Waals surface area contributed by atoms with E-state index in [1.54, 1.807) is 7.11 Å². The molecular formula is C20H21ClN4O. The lowest BCUT2D eigenvalue weighted by molar-refractivity contribution is 0.415. The van der Waals surface area contributed by atoms with Gasteiger partial charge >= 0.3 is 0 Å². The van der Waals surface area contributed by atoms with E-state index >= 15 is 0 Å². The van der Waals surface area contributed by atoms with Crippen LogP contribution in [0.3, 0.4) is 0 Å². The monoisotopic (exact) mass is 368 g/mol. The number of nitrogens with zero attached hydrogens (tertiary/aromatic N) is 2. The van der Waals surface area contributed by atoms with Crippen LogP contribution in [0.5, 0.6) is 5.75 Å². The predicted molar refractivity (Wildman–Crippen MR) is 107 cm³/mol. The van der Waals surface area contributed by atoms with Gasteiger partial charge in [0.1, 0.15) is 11.8 Å². The highest BCUT2D eigenvalue weighted by atomic mass is 35.5. The molecule has 0 radical (unpaired) electrons. The maximum absolute atomic E-state index is 9.78. The molecule has 2 N–H and O–H groups in total. The van der Waals surface area contributed by atoms with Crippen molar-refractivity contribution in [2.75, 3.05) is 25.0 Å². The standard InChI is InChI=1S/C20H21ClN4O/c1-3-25-19-12-16(26-2)8-9-17(19)18(13-22)20(25)14-4-6-15(7-5-14)24-23-11-10-21/h4-9,12,23-24H,3,10-11H2,1-2H3. The van der Waals surface area contributed by atoms with Gasteiger partial charge in [-0.05, 0) is 36.8 Å². The van der Waals surface area contributed by atoms with Gasteiger partial charge in [-0.2, -0.15) is 5.26 Å². The number of hydrazine groups is 1. The minimum absolute atomic E-state index is 0.538. The van der Waals surface area contributed by atoms with Gasteiger partial charge in [0.25, 0.3) is 0 Å². The number of alkyl halides is 1. The second-order valence-corrected chi connectivity index (χ2v) is 6.16. The first-order valence-electron chi connectivity index (χ1n) is 8.49. The summed E-state index contributed by atoms with van der Waals surface area (Å²) in [4.78, 5) is 0. The SMILES string of the molecule is CCn1c(-c2ccc(NNCCCl)cc2)c(C#N)c2ccc(OC)cc21. The molecule has 0 fully saturated rings. The van der Waals surface area contributed by atoms with Crippen LogP contribution in [0.25, 0.3) is 22.2 Å². The van der Waals surface area contributed by atoms with Crippen LogP contribution in [-0.4, -0.2) is 24.1 Å². The van der Waals surface area contributed by atoms with Crippen LogP contribution in [-0.2, 0) is 6.54 Å². The minimum Gasteiger partial charge on any atom is -0.497 e. The Morgan fingerprint density at radius 3 is 2.58 bits per heavy atom. The van der Waals surface area contributed by atoms with Gasteiger partial charge in [0.15, 0.2) is 0 Å². The fourth-order valence-corrected chi connectivity index (χ4v) is 3.22. The fraction of sp³-hybridized carbons (Fsp3) is 0.250. The number of anilines is 1. The van der Waals surface area contributed by atoms with E-state index in [9.17, 15) is 5.26 Å². The highest BCUT2D eigenvalue weighted by Crippen LogP contribution is 2.35. The second kappa shape index (κ2) is 8.13. The van der Waals surface area contributed by atoms with Gasteiger partial charge in [0.05, 0.1) is 23.9 Å². The average molecular weight is 369 g/mol. The third-order valence-electron chi connectivity index (χ3n) is 4.31. The topological polar surface area (TPSA) is 62.0 Å². The number of rotatable bonds is 7. The summed E-state index contributed by atoms with van der Waals surface area (Å²) >= 11 is 5.66. The molecule has 0 saturated carbocycles. The van der Waals surface area contributed by atoms with Gasteiger partial charge < -0.3 is 14.7 Å². The van der Waals surface area contributed by atoms with Crippen molar-refractivity contribution in [1.29, 1.82) is 5.26 Å². The van der Waals surface area contributed by atoms with Crippen molar-refractivity contribution in [1.82, 2.24) is 9.99 Å². The maximum atomic E-state index is 9.78. The summed E-state index contributed by atoms with van der Waals surface area (Å²) in [6.45, 7) is 3.52. The fourth-order valence-electron chi connectivity index (χ4n) is 3.12. The van der Waals surface area contributed by atoms with Crippen molar-refractivity contribution in [2.45, 2.75) is 13.5 Å². The third-order valence-corrected chi connectivity index (χ3v) is 4.50. The number of nitriles is 1. The first-order chi connectivity index (χ1) is 12.7. The van der Waals surface area contributed by atoms with E-state index in [1.165, 1.54) is 0 Å². The highest BCUT2D eigenvalue weighted by Gasteiger charge is 2.18. The molecule has 0 spiro atoms. The first-order valence-corrected chi connectivity index (χ1v) is 9.02. The van der Waals surface area contributed by atoms with Gasteiger partial charge in [-0.25, -0.2) is 5.43 Å². The summed E-state index contributed by atoms with van der Waals surface area (Å²) in [5, 5.41) is 10.7. The van der Waals surface area contributed by atoms with Crippen molar-refractivity contribution >= 4 is 28.2 Å². The molecule has 0 saturated heterocycles.